The molecule has 0 unspecified atom stereocenters. The predicted octanol–water partition coefficient (Wildman–Crippen LogP) is 6.88. The number of benzene rings is 2. The normalized spacial score (nSPS) is 21.5. The van der Waals surface area contributed by atoms with Crippen molar-refractivity contribution in [3.05, 3.63) is 75.8 Å². The van der Waals surface area contributed by atoms with Crippen molar-refractivity contribution >= 4 is 69.6 Å². The topological polar surface area (TPSA) is 50.3 Å². The van der Waals surface area contributed by atoms with E-state index in [4.69, 9.17) is 51.4 Å². The lowest BCUT2D eigenvalue weighted by atomic mass is 9.72. The summed E-state index contributed by atoms with van der Waals surface area (Å²) in [6.07, 6.45) is 0.651. The van der Waals surface area contributed by atoms with Gasteiger partial charge in [-0.15, -0.1) is 11.3 Å². The fourth-order valence-electron chi connectivity index (χ4n) is 4.57. The number of fused-ring (bicyclic) bond motifs is 3. The SMILES string of the molecule is CCN1C(=O)[C@@H]2[C@H](c3ccc(Cl)cc3)Cc3nc(-c4ccccc4)sc3[C@@H]2C1=O.ClC(Cl)Cl. The van der Waals surface area contributed by atoms with Crippen molar-refractivity contribution < 1.29 is 9.59 Å². The summed E-state index contributed by atoms with van der Waals surface area (Å²) in [5.41, 5.74) is 3.01. The van der Waals surface area contributed by atoms with Crippen LogP contribution in [0.15, 0.2) is 54.6 Å². The molecule has 3 aromatic rings. The van der Waals surface area contributed by atoms with Crippen LogP contribution in [0.1, 0.15) is 34.9 Å². The van der Waals surface area contributed by atoms with Gasteiger partial charge >= 0.3 is 0 Å². The first-order valence-corrected chi connectivity index (χ1v) is 12.9. The fraction of sp³-hybridized carbons (Fsp3) is 0.292. The molecule has 1 saturated heterocycles. The van der Waals surface area contributed by atoms with Crippen LogP contribution in [0.5, 0.6) is 0 Å². The highest BCUT2D eigenvalue weighted by atomic mass is 35.6. The summed E-state index contributed by atoms with van der Waals surface area (Å²) in [4.78, 5) is 33.6. The molecule has 3 atom stereocenters. The van der Waals surface area contributed by atoms with Crippen LogP contribution in [0.2, 0.25) is 5.02 Å². The second-order valence-electron chi connectivity index (χ2n) is 7.73. The standard InChI is InChI=1S/C23H19ClN2O2S.CHCl3/c1-2-26-22(27)18-16(13-8-10-15(24)11-9-13)12-17-20(19(18)23(26)28)29-21(25-17)14-6-4-3-5-7-14;2-1(3)4/h3-11,16,18-19H,2,12H2,1H3;1H/t16-,18+,19+;/m0./s1. The molecule has 1 aromatic heterocycles. The summed E-state index contributed by atoms with van der Waals surface area (Å²) in [6.45, 7) is 2.26. The van der Waals surface area contributed by atoms with E-state index in [-0.39, 0.29) is 23.7 Å². The molecule has 0 saturated carbocycles. The quantitative estimate of drug-likeness (QED) is 0.268. The van der Waals surface area contributed by atoms with E-state index in [1.165, 1.54) is 4.90 Å². The average molecular weight is 542 g/mol. The number of carbonyl (C=O) groups excluding carboxylic acids is 2. The van der Waals surface area contributed by atoms with Crippen LogP contribution in [0.3, 0.4) is 0 Å². The van der Waals surface area contributed by atoms with Crippen LogP contribution >= 0.6 is 57.7 Å². The second kappa shape index (κ2) is 10.3. The van der Waals surface area contributed by atoms with Gasteiger partial charge in [-0.1, -0.05) is 88.9 Å². The van der Waals surface area contributed by atoms with Crippen LogP contribution in [-0.2, 0) is 16.0 Å². The van der Waals surface area contributed by atoms with Crippen molar-refractivity contribution in [2.45, 2.75) is 29.5 Å². The average Bonchev–Trinajstić information content (AvgIpc) is 3.33. The Bertz CT molecular complexity index is 1150. The number of alkyl halides is 3. The smallest absolute Gasteiger partial charge is 0.238 e. The number of hydrogen-bond acceptors (Lipinski definition) is 4. The third kappa shape index (κ3) is 4.94. The van der Waals surface area contributed by atoms with Crippen LogP contribution in [-0.4, -0.2) is 32.5 Å². The molecule has 0 radical (unpaired) electrons. The number of nitrogens with zero attached hydrogens (tertiary/aromatic N) is 2. The van der Waals surface area contributed by atoms with Crippen LogP contribution in [0.4, 0.5) is 0 Å². The summed E-state index contributed by atoms with van der Waals surface area (Å²) in [5, 5.41) is 1.56. The number of amides is 2. The molecule has 0 spiro atoms. The predicted molar refractivity (Wildman–Crippen MR) is 135 cm³/mol. The van der Waals surface area contributed by atoms with Crippen molar-refractivity contribution in [3.63, 3.8) is 0 Å². The first kappa shape index (κ1) is 24.5. The maximum atomic E-state index is 13.2. The van der Waals surface area contributed by atoms with Gasteiger partial charge < -0.3 is 0 Å². The van der Waals surface area contributed by atoms with Gasteiger partial charge in [-0.2, -0.15) is 0 Å². The zero-order valence-corrected chi connectivity index (χ0v) is 21.4. The minimum Gasteiger partial charge on any atom is -0.282 e. The number of halogens is 4. The monoisotopic (exact) mass is 540 g/mol. The Hall–Kier alpha value is -1.63. The molecule has 1 aliphatic carbocycles. The van der Waals surface area contributed by atoms with Crippen molar-refractivity contribution in [1.29, 1.82) is 0 Å². The highest BCUT2D eigenvalue weighted by Gasteiger charge is 2.55. The molecule has 1 aliphatic heterocycles. The Morgan fingerprint density at radius 2 is 1.67 bits per heavy atom. The van der Waals surface area contributed by atoms with E-state index in [2.05, 4.69) is 0 Å². The third-order valence-electron chi connectivity index (χ3n) is 5.93. The minimum atomic E-state index is -0.750. The summed E-state index contributed by atoms with van der Waals surface area (Å²) in [7, 11) is 0. The van der Waals surface area contributed by atoms with Gasteiger partial charge in [0.15, 0.2) is 4.30 Å². The molecular weight excluding hydrogens is 522 g/mol. The molecule has 0 bridgehead atoms. The number of hydrogen-bond donors (Lipinski definition) is 0. The van der Waals surface area contributed by atoms with Gasteiger partial charge in [-0.3, -0.25) is 14.5 Å². The third-order valence-corrected chi connectivity index (χ3v) is 7.42. The number of likely N-dealkylation sites (N-methyl/N-ethyl adjacent to an activating group) is 1. The summed E-state index contributed by atoms with van der Waals surface area (Å²) in [6, 6.07) is 17.6. The van der Waals surface area contributed by atoms with Crippen LogP contribution in [0, 0.1) is 5.92 Å². The Labute approximate surface area is 216 Å². The molecule has 2 amide bonds. The maximum absolute atomic E-state index is 13.2. The zero-order chi connectivity index (χ0) is 23.7. The van der Waals surface area contributed by atoms with E-state index in [0.717, 1.165) is 26.7 Å². The molecule has 9 heteroatoms. The number of likely N-dealkylation sites (tertiary alicyclic amines) is 1. The van der Waals surface area contributed by atoms with Gasteiger partial charge in [0.25, 0.3) is 0 Å². The Kier molecular flexibility index (Phi) is 7.66. The molecule has 172 valence electrons. The molecule has 1 fully saturated rings. The van der Waals surface area contributed by atoms with E-state index >= 15 is 0 Å². The number of aromatic nitrogens is 1. The molecule has 2 aromatic carbocycles. The highest BCUT2D eigenvalue weighted by Crippen LogP contribution is 2.52. The van der Waals surface area contributed by atoms with Crippen molar-refractivity contribution in [3.8, 4) is 10.6 Å². The lowest BCUT2D eigenvalue weighted by Gasteiger charge is -2.30. The van der Waals surface area contributed by atoms with Crippen molar-refractivity contribution in [1.82, 2.24) is 9.88 Å². The lowest BCUT2D eigenvalue weighted by Crippen LogP contribution is -2.32. The van der Waals surface area contributed by atoms with E-state index in [1.54, 1.807) is 11.3 Å². The van der Waals surface area contributed by atoms with Crippen molar-refractivity contribution in [2.75, 3.05) is 6.54 Å². The molecule has 2 heterocycles. The molecule has 2 aliphatic rings. The van der Waals surface area contributed by atoms with E-state index < -0.39 is 10.2 Å². The fourth-order valence-corrected chi connectivity index (χ4v) is 5.94. The molecule has 33 heavy (non-hydrogen) atoms. The Morgan fingerprint density at radius 3 is 2.27 bits per heavy atom. The minimum absolute atomic E-state index is 0.0669. The van der Waals surface area contributed by atoms with Gasteiger partial charge in [0.1, 0.15) is 5.01 Å². The second-order valence-corrected chi connectivity index (χ2v) is 11.2. The summed E-state index contributed by atoms with van der Waals surface area (Å²) < 4.78 is -0.750. The summed E-state index contributed by atoms with van der Waals surface area (Å²) in [5.74, 6) is -1.06. The number of imide groups is 1. The maximum Gasteiger partial charge on any atom is 0.238 e. The van der Waals surface area contributed by atoms with Crippen LogP contribution in [0.25, 0.3) is 10.6 Å². The van der Waals surface area contributed by atoms with Gasteiger partial charge in [0.05, 0.1) is 17.5 Å². The molecule has 0 N–H and O–H groups in total. The van der Waals surface area contributed by atoms with E-state index in [9.17, 15) is 9.59 Å². The Morgan fingerprint density at radius 1 is 1.03 bits per heavy atom. The molecular formula is C24H20Cl4N2O2S. The van der Waals surface area contributed by atoms with Gasteiger partial charge in [0.2, 0.25) is 11.8 Å². The number of carbonyl (C=O) groups is 2. The first-order chi connectivity index (χ1) is 15.8. The van der Waals surface area contributed by atoms with Gasteiger partial charge in [-0.05, 0) is 31.0 Å². The van der Waals surface area contributed by atoms with Crippen LogP contribution < -0.4 is 0 Å². The molecule has 5 rings (SSSR count). The molecule has 4 nitrogen and oxygen atoms in total. The van der Waals surface area contributed by atoms with Gasteiger partial charge in [-0.25, -0.2) is 4.98 Å². The largest absolute Gasteiger partial charge is 0.282 e. The number of rotatable bonds is 3. The number of thiazole rings is 1. The lowest BCUT2D eigenvalue weighted by molar-refractivity contribution is -0.139. The Balaban J connectivity index is 0.000000601. The zero-order valence-electron chi connectivity index (χ0n) is 17.6. The van der Waals surface area contributed by atoms with Gasteiger partial charge in [0, 0.05) is 27.9 Å². The first-order valence-electron chi connectivity index (χ1n) is 10.4. The highest BCUT2D eigenvalue weighted by molar-refractivity contribution is 7.15. The van der Waals surface area contributed by atoms with E-state index in [0.29, 0.717) is 18.0 Å². The van der Waals surface area contributed by atoms with Crippen molar-refractivity contribution in [2.24, 2.45) is 5.92 Å². The van der Waals surface area contributed by atoms with E-state index in [1.807, 2.05) is 61.5 Å². The summed E-state index contributed by atoms with van der Waals surface area (Å²) >= 11 is 22.0.